The number of benzene rings is 2. The molecule has 2 aromatic rings. The van der Waals surface area contributed by atoms with Gasteiger partial charge >= 0.3 is 0 Å². The van der Waals surface area contributed by atoms with Crippen LogP contribution in [0.15, 0.2) is 24.3 Å². The molecule has 7 nitrogen and oxygen atoms in total. The molecule has 0 saturated heterocycles. The van der Waals surface area contributed by atoms with Crippen molar-refractivity contribution in [1.29, 1.82) is 0 Å². The molecule has 7 heteroatoms. The van der Waals surface area contributed by atoms with Gasteiger partial charge in [0.2, 0.25) is 5.91 Å². The third-order valence-electron chi connectivity index (χ3n) is 4.56. The average molecular weight is 371 g/mol. The highest BCUT2D eigenvalue weighted by atomic mass is 16.5. The van der Waals surface area contributed by atoms with Crippen LogP contribution in [-0.2, 0) is 12.8 Å². The molecule has 0 atom stereocenters. The summed E-state index contributed by atoms with van der Waals surface area (Å²) in [6.45, 7) is 1.70. The zero-order valence-corrected chi connectivity index (χ0v) is 16.0. The van der Waals surface area contributed by atoms with E-state index < -0.39 is 5.91 Å². The number of nitrogens with two attached hydrogens (primary N) is 2. The lowest BCUT2D eigenvalue weighted by molar-refractivity contribution is 0.0960. The number of nitrogen functional groups attached to an aromatic ring is 1. The van der Waals surface area contributed by atoms with Crippen molar-refractivity contribution in [3.8, 4) is 11.5 Å². The number of amides is 2. The molecule has 144 valence electrons. The summed E-state index contributed by atoms with van der Waals surface area (Å²) in [5.41, 5.74) is 14.8. The molecule has 0 heterocycles. The fraction of sp³-hybridized carbons (Fsp3) is 0.300. The van der Waals surface area contributed by atoms with Crippen LogP contribution in [0.5, 0.6) is 11.5 Å². The highest BCUT2D eigenvalue weighted by Gasteiger charge is 2.20. The molecule has 0 bridgehead atoms. The highest BCUT2D eigenvalue weighted by Crippen LogP contribution is 2.29. The number of primary amides is 1. The summed E-state index contributed by atoms with van der Waals surface area (Å²) in [4.78, 5) is 24.1. The Morgan fingerprint density at radius 1 is 1.07 bits per heavy atom. The average Bonchev–Trinajstić information content (AvgIpc) is 2.67. The van der Waals surface area contributed by atoms with Crippen molar-refractivity contribution in [2.45, 2.75) is 19.8 Å². The standard InChI is InChI=1S/C20H25N3O4/c1-11-17(19(22)24)13(10-14(18(11)21)20(25)23-2)7-5-12-6-8-15(26-3)16(9-12)27-4/h6,8-10H,5,7,21H2,1-4H3,(H2,22,24)(H,23,25). The number of rotatable bonds is 7. The number of methoxy groups -OCH3 is 2. The van der Waals surface area contributed by atoms with Gasteiger partial charge in [-0.3, -0.25) is 9.59 Å². The van der Waals surface area contributed by atoms with Crippen LogP contribution >= 0.6 is 0 Å². The topological polar surface area (TPSA) is 117 Å². The Kier molecular flexibility index (Phi) is 6.28. The lowest BCUT2D eigenvalue weighted by Crippen LogP contribution is -2.23. The quantitative estimate of drug-likeness (QED) is 0.642. The van der Waals surface area contributed by atoms with Crippen molar-refractivity contribution in [3.63, 3.8) is 0 Å². The molecular weight excluding hydrogens is 346 g/mol. The molecule has 0 unspecified atom stereocenters. The van der Waals surface area contributed by atoms with E-state index in [1.54, 1.807) is 27.2 Å². The van der Waals surface area contributed by atoms with Gasteiger partial charge in [-0.2, -0.15) is 0 Å². The molecule has 5 N–H and O–H groups in total. The first-order valence-electron chi connectivity index (χ1n) is 8.48. The van der Waals surface area contributed by atoms with Gasteiger partial charge in [-0.05, 0) is 54.7 Å². The highest BCUT2D eigenvalue weighted by molar-refractivity contribution is 6.04. The predicted octanol–water partition coefficient (Wildman–Crippen LogP) is 1.84. The van der Waals surface area contributed by atoms with E-state index in [-0.39, 0.29) is 11.6 Å². The van der Waals surface area contributed by atoms with E-state index >= 15 is 0 Å². The van der Waals surface area contributed by atoms with Crippen LogP contribution in [-0.4, -0.2) is 33.1 Å². The summed E-state index contributed by atoms with van der Waals surface area (Å²) in [7, 11) is 4.68. The third kappa shape index (κ3) is 4.13. The van der Waals surface area contributed by atoms with E-state index in [0.29, 0.717) is 46.6 Å². The van der Waals surface area contributed by atoms with Crippen LogP contribution < -0.4 is 26.3 Å². The van der Waals surface area contributed by atoms with E-state index in [2.05, 4.69) is 5.32 Å². The van der Waals surface area contributed by atoms with Gasteiger partial charge in [0.1, 0.15) is 0 Å². The summed E-state index contributed by atoms with van der Waals surface area (Å²) in [6, 6.07) is 7.27. The van der Waals surface area contributed by atoms with Crippen LogP contribution in [0.25, 0.3) is 0 Å². The SMILES string of the molecule is CNC(=O)c1cc(CCc2ccc(OC)c(OC)c2)c(C(N)=O)c(C)c1N. The summed E-state index contributed by atoms with van der Waals surface area (Å²) < 4.78 is 10.6. The largest absolute Gasteiger partial charge is 0.493 e. The first-order valence-corrected chi connectivity index (χ1v) is 8.48. The molecule has 27 heavy (non-hydrogen) atoms. The maximum Gasteiger partial charge on any atom is 0.253 e. The molecule has 0 fully saturated rings. The molecule has 2 amide bonds. The van der Waals surface area contributed by atoms with Crippen LogP contribution in [0.2, 0.25) is 0 Å². The van der Waals surface area contributed by atoms with Gasteiger partial charge in [0.25, 0.3) is 5.91 Å². The Bertz CT molecular complexity index is 878. The molecule has 0 aliphatic rings. The van der Waals surface area contributed by atoms with Crippen molar-refractivity contribution in [2.75, 3.05) is 27.0 Å². The first kappa shape index (κ1) is 20.1. The lowest BCUT2D eigenvalue weighted by Gasteiger charge is -2.16. The van der Waals surface area contributed by atoms with Crippen molar-refractivity contribution in [3.05, 3.63) is 52.1 Å². The molecule has 0 spiro atoms. The Morgan fingerprint density at radius 2 is 1.74 bits per heavy atom. The maximum absolute atomic E-state index is 12.1. The summed E-state index contributed by atoms with van der Waals surface area (Å²) in [5.74, 6) is 0.401. The van der Waals surface area contributed by atoms with Gasteiger partial charge in [0.05, 0.1) is 19.8 Å². The number of hydrogen-bond acceptors (Lipinski definition) is 5. The summed E-state index contributed by atoms with van der Waals surface area (Å²) in [6.07, 6.45) is 1.13. The fourth-order valence-electron chi connectivity index (χ4n) is 3.08. The Balaban J connectivity index is 2.41. The van der Waals surface area contributed by atoms with Crippen LogP contribution in [0, 0.1) is 6.92 Å². The second kappa shape index (κ2) is 8.44. The fourth-order valence-corrected chi connectivity index (χ4v) is 3.08. The Hall–Kier alpha value is -3.22. The summed E-state index contributed by atoms with van der Waals surface area (Å²) in [5, 5.41) is 2.56. The number of ether oxygens (including phenoxy) is 2. The second-order valence-corrected chi connectivity index (χ2v) is 6.13. The van der Waals surface area contributed by atoms with Gasteiger partial charge in [-0.25, -0.2) is 0 Å². The zero-order chi connectivity index (χ0) is 20.1. The molecule has 0 aromatic heterocycles. The smallest absolute Gasteiger partial charge is 0.253 e. The van der Waals surface area contributed by atoms with E-state index in [1.807, 2.05) is 18.2 Å². The minimum atomic E-state index is -0.565. The number of carbonyl (C=O) groups excluding carboxylic acids is 2. The zero-order valence-electron chi connectivity index (χ0n) is 16.0. The molecule has 0 radical (unpaired) electrons. The molecule has 0 saturated carbocycles. The maximum atomic E-state index is 12.1. The number of aryl methyl sites for hydroxylation is 2. The van der Waals surface area contributed by atoms with Gasteiger partial charge in [0.15, 0.2) is 11.5 Å². The third-order valence-corrected chi connectivity index (χ3v) is 4.56. The minimum absolute atomic E-state index is 0.262. The Morgan fingerprint density at radius 3 is 2.30 bits per heavy atom. The van der Waals surface area contributed by atoms with E-state index in [0.717, 1.165) is 5.56 Å². The van der Waals surface area contributed by atoms with E-state index in [9.17, 15) is 9.59 Å². The number of hydrogen-bond donors (Lipinski definition) is 3. The predicted molar refractivity (Wildman–Crippen MR) is 104 cm³/mol. The van der Waals surface area contributed by atoms with E-state index in [1.165, 1.54) is 7.05 Å². The van der Waals surface area contributed by atoms with Crippen LogP contribution in [0.4, 0.5) is 5.69 Å². The van der Waals surface area contributed by atoms with Crippen molar-refractivity contribution in [2.24, 2.45) is 5.73 Å². The Labute approximate surface area is 158 Å². The number of carbonyl (C=O) groups is 2. The molecular formula is C20H25N3O4. The number of nitrogens with one attached hydrogen (secondary N) is 1. The van der Waals surface area contributed by atoms with Gasteiger partial charge in [-0.1, -0.05) is 6.07 Å². The van der Waals surface area contributed by atoms with Crippen LogP contribution in [0.1, 0.15) is 37.4 Å². The van der Waals surface area contributed by atoms with Crippen molar-refractivity contribution >= 4 is 17.5 Å². The lowest BCUT2D eigenvalue weighted by atomic mass is 9.91. The first-order chi connectivity index (χ1) is 12.8. The van der Waals surface area contributed by atoms with Gasteiger partial charge in [-0.15, -0.1) is 0 Å². The van der Waals surface area contributed by atoms with Gasteiger partial charge < -0.3 is 26.3 Å². The monoisotopic (exact) mass is 371 g/mol. The van der Waals surface area contributed by atoms with Crippen molar-refractivity contribution < 1.29 is 19.1 Å². The minimum Gasteiger partial charge on any atom is -0.493 e. The van der Waals surface area contributed by atoms with Crippen molar-refractivity contribution in [1.82, 2.24) is 5.32 Å². The molecule has 2 rings (SSSR count). The number of anilines is 1. The molecule has 0 aliphatic heterocycles. The van der Waals surface area contributed by atoms with Crippen LogP contribution in [0.3, 0.4) is 0 Å². The molecule has 0 aliphatic carbocycles. The molecule has 2 aromatic carbocycles. The summed E-state index contributed by atoms with van der Waals surface area (Å²) >= 11 is 0. The second-order valence-electron chi connectivity index (χ2n) is 6.13. The normalized spacial score (nSPS) is 10.4. The van der Waals surface area contributed by atoms with Gasteiger partial charge in [0, 0.05) is 18.3 Å². The van der Waals surface area contributed by atoms with E-state index in [4.69, 9.17) is 20.9 Å².